The molecule has 0 radical (unpaired) electrons. The Kier molecular flexibility index (Phi) is 5.74. The van der Waals surface area contributed by atoms with E-state index in [1.54, 1.807) is 24.3 Å². The van der Waals surface area contributed by atoms with Crippen molar-refractivity contribution in [3.63, 3.8) is 0 Å². The van der Waals surface area contributed by atoms with Crippen LogP contribution in [0.5, 0.6) is 0 Å². The molecule has 0 saturated carbocycles. The quantitative estimate of drug-likeness (QED) is 0.758. The van der Waals surface area contributed by atoms with Gasteiger partial charge in [-0.05, 0) is 36.4 Å². The number of amides is 2. The molecule has 1 aliphatic heterocycles. The Labute approximate surface area is 163 Å². The zero-order valence-corrected chi connectivity index (χ0v) is 15.8. The number of hydrogen-bond donors (Lipinski definition) is 1. The summed E-state index contributed by atoms with van der Waals surface area (Å²) in [6, 6.07) is 10.1. The van der Waals surface area contributed by atoms with E-state index >= 15 is 0 Å². The number of carbonyl (C=O) groups is 2. The second-order valence-corrected chi connectivity index (χ2v) is 7.33. The Bertz CT molecular complexity index is 840. The Balaban J connectivity index is 1.90. The van der Waals surface area contributed by atoms with Crippen molar-refractivity contribution >= 4 is 33.6 Å². The summed E-state index contributed by atoms with van der Waals surface area (Å²) < 4.78 is 28.9. The number of benzene rings is 2. The van der Waals surface area contributed by atoms with Gasteiger partial charge in [0.15, 0.2) is 0 Å². The van der Waals surface area contributed by atoms with Gasteiger partial charge in [-0.3, -0.25) is 9.69 Å². The zero-order valence-electron chi connectivity index (χ0n) is 14.2. The first-order chi connectivity index (χ1) is 12.8. The number of urea groups is 1. The lowest BCUT2D eigenvalue weighted by Crippen LogP contribution is -2.53. The summed E-state index contributed by atoms with van der Waals surface area (Å²) in [5.74, 6) is -2.82. The third kappa shape index (κ3) is 4.44. The number of carboxylic acid groups (broad SMARTS) is 1. The summed E-state index contributed by atoms with van der Waals surface area (Å²) in [6.07, 6.45) is -0.142. The lowest BCUT2D eigenvalue weighted by molar-refractivity contribution is -0.138. The average molecular weight is 439 g/mol. The Morgan fingerprint density at radius 2 is 1.74 bits per heavy atom. The molecule has 142 valence electrons. The summed E-state index contributed by atoms with van der Waals surface area (Å²) in [5.41, 5.74) is 0.384. The lowest BCUT2D eigenvalue weighted by atomic mass is 10.0. The van der Waals surface area contributed by atoms with Crippen LogP contribution in [0.2, 0.25) is 0 Å². The van der Waals surface area contributed by atoms with Crippen LogP contribution in [0, 0.1) is 17.6 Å². The van der Waals surface area contributed by atoms with Crippen molar-refractivity contribution in [2.24, 2.45) is 5.92 Å². The molecule has 1 unspecified atom stereocenters. The van der Waals surface area contributed by atoms with Gasteiger partial charge in [-0.1, -0.05) is 22.0 Å². The third-order valence-electron chi connectivity index (χ3n) is 4.43. The van der Waals surface area contributed by atoms with Crippen molar-refractivity contribution in [2.45, 2.75) is 13.0 Å². The van der Waals surface area contributed by atoms with E-state index in [2.05, 4.69) is 15.9 Å². The van der Waals surface area contributed by atoms with Gasteiger partial charge < -0.3 is 10.0 Å². The van der Waals surface area contributed by atoms with Crippen LogP contribution in [0.25, 0.3) is 0 Å². The minimum atomic E-state index is -0.984. The van der Waals surface area contributed by atoms with Crippen molar-refractivity contribution in [1.82, 2.24) is 4.90 Å². The maximum Gasteiger partial charge on any atom is 0.324 e. The molecule has 1 aliphatic rings. The molecule has 0 aromatic heterocycles. The average Bonchev–Trinajstić information content (AvgIpc) is 2.61. The van der Waals surface area contributed by atoms with Crippen molar-refractivity contribution < 1.29 is 23.5 Å². The van der Waals surface area contributed by atoms with Crippen LogP contribution in [-0.4, -0.2) is 35.1 Å². The molecule has 1 fully saturated rings. The van der Waals surface area contributed by atoms with Crippen LogP contribution in [0.15, 0.2) is 46.9 Å². The maximum atomic E-state index is 14.0. The number of rotatable bonds is 5. The van der Waals surface area contributed by atoms with Gasteiger partial charge in [0, 0.05) is 34.7 Å². The number of anilines is 1. The van der Waals surface area contributed by atoms with E-state index in [-0.39, 0.29) is 37.5 Å². The van der Waals surface area contributed by atoms with E-state index < -0.39 is 23.6 Å². The van der Waals surface area contributed by atoms with Gasteiger partial charge in [0.05, 0.1) is 13.0 Å². The standard InChI is InChI=1S/C19H17BrF2N2O3/c20-13-4-6-14(7-5-13)24-10-12(8-18(25)26)9-23(19(24)27)11-15-16(21)2-1-3-17(15)22/h1-7,12H,8-11H2,(H,25,26). The second kappa shape index (κ2) is 8.04. The van der Waals surface area contributed by atoms with Crippen LogP contribution in [0.3, 0.4) is 0 Å². The van der Waals surface area contributed by atoms with E-state index in [4.69, 9.17) is 5.11 Å². The first kappa shape index (κ1) is 19.3. The number of halogens is 3. The van der Waals surface area contributed by atoms with Crippen molar-refractivity contribution in [3.05, 3.63) is 64.1 Å². The molecular weight excluding hydrogens is 422 g/mol. The number of carboxylic acids is 1. The van der Waals surface area contributed by atoms with Gasteiger partial charge in [-0.25, -0.2) is 13.6 Å². The van der Waals surface area contributed by atoms with Crippen molar-refractivity contribution in [1.29, 1.82) is 0 Å². The van der Waals surface area contributed by atoms with Crippen LogP contribution in [0.4, 0.5) is 19.3 Å². The SMILES string of the molecule is O=C(O)CC1CN(Cc2c(F)cccc2F)C(=O)N(c2ccc(Br)cc2)C1. The molecule has 1 atom stereocenters. The largest absolute Gasteiger partial charge is 0.481 e. The number of aliphatic carboxylic acids is 1. The summed E-state index contributed by atoms with van der Waals surface area (Å²) in [5, 5.41) is 9.14. The highest BCUT2D eigenvalue weighted by Gasteiger charge is 2.34. The fraction of sp³-hybridized carbons (Fsp3) is 0.263. The molecule has 2 amide bonds. The van der Waals surface area contributed by atoms with Gasteiger partial charge in [0.2, 0.25) is 0 Å². The first-order valence-corrected chi connectivity index (χ1v) is 9.11. The third-order valence-corrected chi connectivity index (χ3v) is 4.96. The number of nitrogens with zero attached hydrogens (tertiary/aromatic N) is 2. The van der Waals surface area contributed by atoms with Gasteiger partial charge in [-0.2, -0.15) is 0 Å². The van der Waals surface area contributed by atoms with Crippen LogP contribution < -0.4 is 4.90 Å². The predicted octanol–water partition coefficient (Wildman–Crippen LogP) is 4.26. The normalized spacial score (nSPS) is 17.3. The zero-order chi connectivity index (χ0) is 19.6. The molecule has 0 bridgehead atoms. The summed E-state index contributed by atoms with van der Waals surface area (Å²) in [7, 11) is 0. The number of carbonyl (C=O) groups excluding carboxylic acids is 1. The highest BCUT2D eigenvalue weighted by Crippen LogP contribution is 2.27. The van der Waals surface area contributed by atoms with E-state index in [0.29, 0.717) is 5.69 Å². The Morgan fingerprint density at radius 1 is 1.11 bits per heavy atom. The molecule has 0 aliphatic carbocycles. The first-order valence-electron chi connectivity index (χ1n) is 8.32. The maximum absolute atomic E-state index is 14.0. The van der Waals surface area contributed by atoms with Gasteiger partial charge in [0.25, 0.3) is 0 Å². The summed E-state index contributed by atoms with van der Waals surface area (Å²) in [6.45, 7) is 0.0788. The van der Waals surface area contributed by atoms with E-state index in [1.165, 1.54) is 15.9 Å². The second-order valence-electron chi connectivity index (χ2n) is 6.41. The Hall–Kier alpha value is -2.48. The van der Waals surface area contributed by atoms with E-state index in [9.17, 15) is 18.4 Å². The highest BCUT2D eigenvalue weighted by atomic mass is 79.9. The number of hydrogen-bond acceptors (Lipinski definition) is 2. The Morgan fingerprint density at radius 3 is 2.33 bits per heavy atom. The molecule has 2 aromatic carbocycles. The molecule has 1 N–H and O–H groups in total. The minimum absolute atomic E-state index is 0.117. The molecule has 27 heavy (non-hydrogen) atoms. The van der Waals surface area contributed by atoms with Crippen molar-refractivity contribution in [2.75, 3.05) is 18.0 Å². The smallest absolute Gasteiger partial charge is 0.324 e. The summed E-state index contributed by atoms with van der Waals surface area (Å²) >= 11 is 3.33. The van der Waals surface area contributed by atoms with Gasteiger partial charge in [-0.15, -0.1) is 0 Å². The molecule has 2 aromatic rings. The molecule has 5 nitrogen and oxygen atoms in total. The molecule has 8 heteroatoms. The van der Waals surface area contributed by atoms with E-state index in [1.807, 2.05) is 0 Å². The molecule has 3 rings (SSSR count). The highest BCUT2D eigenvalue weighted by molar-refractivity contribution is 9.10. The fourth-order valence-electron chi connectivity index (χ4n) is 3.17. The van der Waals surface area contributed by atoms with Crippen LogP contribution in [0.1, 0.15) is 12.0 Å². The van der Waals surface area contributed by atoms with Crippen LogP contribution in [-0.2, 0) is 11.3 Å². The summed E-state index contributed by atoms with van der Waals surface area (Å²) in [4.78, 5) is 26.8. The molecule has 1 heterocycles. The molecule has 1 saturated heterocycles. The van der Waals surface area contributed by atoms with Gasteiger partial charge >= 0.3 is 12.0 Å². The topological polar surface area (TPSA) is 60.9 Å². The predicted molar refractivity (Wildman–Crippen MR) is 99.4 cm³/mol. The van der Waals surface area contributed by atoms with E-state index in [0.717, 1.165) is 16.6 Å². The molecule has 0 spiro atoms. The minimum Gasteiger partial charge on any atom is -0.481 e. The monoisotopic (exact) mass is 438 g/mol. The van der Waals surface area contributed by atoms with Crippen LogP contribution >= 0.6 is 15.9 Å². The lowest BCUT2D eigenvalue weighted by Gasteiger charge is -2.40. The fourth-order valence-corrected chi connectivity index (χ4v) is 3.44. The van der Waals surface area contributed by atoms with Crippen molar-refractivity contribution in [3.8, 4) is 0 Å². The molecular formula is C19H17BrF2N2O3. The van der Waals surface area contributed by atoms with Gasteiger partial charge in [0.1, 0.15) is 11.6 Å².